The van der Waals surface area contributed by atoms with Gasteiger partial charge in [0.05, 0.1) is 15.5 Å². The normalized spacial score (nSPS) is 16.4. The van der Waals surface area contributed by atoms with Crippen LogP contribution in [0.4, 0.5) is 11.4 Å². The standard InChI is InChI=1S/C24H21N3O4S/c1-14-8-9-17(12-15(14)2)25-24-26(4)23(28)22(32-24)13-18-10-11-21(31-18)19-6-5-7-20(16(19)3)27(29)30/h5-13H,1-4H3/b22-13+,25-24?. The van der Waals surface area contributed by atoms with Gasteiger partial charge >= 0.3 is 0 Å². The average Bonchev–Trinajstić information content (AvgIpc) is 3.31. The van der Waals surface area contributed by atoms with Crippen LogP contribution in [0.25, 0.3) is 17.4 Å². The Balaban J connectivity index is 1.62. The molecule has 0 spiro atoms. The van der Waals surface area contributed by atoms with E-state index in [4.69, 9.17) is 4.42 Å². The number of nitrogens with zero attached hydrogens (tertiary/aromatic N) is 3. The summed E-state index contributed by atoms with van der Waals surface area (Å²) in [5, 5.41) is 11.8. The largest absolute Gasteiger partial charge is 0.457 e. The van der Waals surface area contributed by atoms with Crippen molar-refractivity contribution in [1.82, 2.24) is 4.90 Å². The summed E-state index contributed by atoms with van der Waals surface area (Å²) in [6, 6.07) is 14.3. The van der Waals surface area contributed by atoms with Crippen molar-refractivity contribution in [2.24, 2.45) is 4.99 Å². The summed E-state index contributed by atoms with van der Waals surface area (Å²) in [4.78, 5) is 30.2. The fourth-order valence-electron chi connectivity index (χ4n) is 3.35. The Hall–Kier alpha value is -3.65. The van der Waals surface area contributed by atoms with Gasteiger partial charge in [-0.25, -0.2) is 4.99 Å². The number of carbonyl (C=O) groups is 1. The summed E-state index contributed by atoms with van der Waals surface area (Å²) in [5.41, 5.74) is 4.32. The summed E-state index contributed by atoms with van der Waals surface area (Å²) >= 11 is 1.28. The van der Waals surface area contributed by atoms with Crippen LogP contribution < -0.4 is 0 Å². The zero-order valence-corrected chi connectivity index (χ0v) is 18.9. The first kappa shape index (κ1) is 21.6. The summed E-state index contributed by atoms with van der Waals surface area (Å²) in [7, 11) is 1.69. The molecule has 0 aliphatic carbocycles. The quantitative estimate of drug-likeness (QED) is 0.277. The number of hydrogen-bond acceptors (Lipinski definition) is 6. The van der Waals surface area contributed by atoms with Crippen LogP contribution in [0.2, 0.25) is 0 Å². The molecular formula is C24H21N3O4S. The molecule has 162 valence electrons. The van der Waals surface area contributed by atoms with Crippen molar-refractivity contribution in [3.63, 3.8) is 0 Å². The number of furan rings is 1. The number of benzene rings is 2. The molecule has 0 saturated carbocycles. The Morgan fingerprint density at radius 2 is 1.88 bits per heavy atom. The molecule has 0 atom stereocenters. The summed E-state index contributed by atoms with van der Waals surface area (Å²) in [6.07, 6.45) is 1.67. The number of thioether (sulfide) groups is 1. The van der Waals surface area contributed by atoms with Gasteiger partial charge in [-0.15, -0.1) is 0 Å². The minimum Gasteiger partial charge on any atom is -0.457 e. The third-order valence-corrected chi connectivity index (χ3v) is 6.45. The number of nitro benzene ring substituents is 1. The maximum atomic E-state index is 12.7. The molecule has 1 saturated heterocycles. The maximum Gasteiger partial charge on any atom is 0.273 e. The molecule has 1 aliphatic heterocycles. The highest BCUT2D eigenvalue weighted by Gasteiger charge is 2.30. The molecule has 0 radical (unpaired) electrons. The fourth-order valence-corrected chi connectivity index (χ4v) is 4.32. The Kier molecular flexibility index (Phi) is 5.71. The molecule has 0 N–H and O–H groups in total. The molecule has 2 aromatic carbocycles. The lowest BCUT2D eigenvalue weighted by Crippen LogP contribution is -2.23. The van der Waals surface area contributed by atoms with E-state index in [0.29, 0.717) is 32.7 Å². The second-order valence-electron chi connectivity index (χ2n) is 7.55. The molecule has 4 rings (SSSR count). The Morgan fingerprint density at radius 3 is 2.59 bits per heavy atom. The van der Waals surface area contributed by atoms with E-state index in [-0.39, 0.29) is 11.6 Å². The molecule has 32 heavy (non-hydrogen) atoms. The highest BCUT2D eigenvalue weighted by atomic mass is 32.2. The number of carbonyl (C=O) groups excluding carboxylic acids is 1. The van der Waals surface area contributed by atoms with Crippen LogP contribution in [-0.4, -0.2) is 27.9 Å². The van der Waals surface area contributed by atoms with Gasteiger partial charge in [0.25, 0.3) is 11.6 Å². The first-order valence-corrected chi connectivity index (χ1v) is 10.7. The minimum absolute atomic E-state index is 0.0363. The zero-order chi connectivity index (χ0) is 23.0. The van der Waals surface area contributed by atoms with E-state index < -0.39 is 4.92 Å². The van der Waals surface area contributed by atoms with Gasteiger partial charge in [0.2, 0.25) is 0 Å². The monoisotopic (exact) mass is 447 g/mol. The van der Waals surface area contributed by atoms with Crippen molar-refractivity contribution in [2.45, 2.75) is 20.8 Å². The van der Waals surface area contributed by atoms with Crippen molar-refractivity contribution in [3.05, 3.63) is 86.0 Å². The van der Waals surface area contributed by atoms with E-state index in [0.717, 1.165) is 11.3 Å². The number of amidine groups is 1. The summed E-state index contributed by atoms with van der Waals surface area (Å²) in [6.45, 7) is 5.76. The lowest BCUT2D eigenvalue weighted by molar-refractivity contribution is -0.385. The molecule has 8 heteroatoms. The molecule has 0 bridgehead atoms. The van der Waals surface area contributed by atoms with Crippen LogP contribution in [0.1, 0.15) is 22.5 Å². The molecule has 1 aliphatic rings. The number of aliphatic imine (C=N–C) groups is 1. The third kappa shape index (κ3) is 4.09. The second-order valence-corrected chi connectivity index (χ2v) is 8.56. The summed E-state index contributed by atoms with van der Waals surface area (Å²) in [5.74, 6) is 0.829. The van der Waals surface area contributed by atoms with Crippen molar-refractivity contribution >= 4 is 40.3 Å². The number of rotatable bonds is 4. The lowest BCUT2D eigenvalue weighted by atomic mass is 10.1. The molecule has 1 fully saturated rings. The molecule has 2 heterocycles. The van der Waals surface area contributed by atoms with E-state index in [1.165, 1.54) is 28.3 Å². The molecule has 1 amide bonds. The van der Waals surface area contributed by atoms with Gasteiger partial charge in [-0.3, -0.25) is 19.8 Å². The van der Waals surface area contributed by atoms with Crippen molar-refractivity contribution < 1.29 is 14.1 Å². The first-order chi connectivity index (χ1) is 15.2. The Morgan fingerprint density at radius 1 is 1.09 bits per heavy atom. The van der Waals surface area contributed by atoms with Crippen LogP contribution in [-0.2, 0) is 4.79 Å². The van der Waals surface area contributed by atoms with E-state index in [9.17, 15) is 14.9 Å². The van der Waals surface area contributed by atoms with Crippen molar-refractivity contribution in [2.75, 3.05) is 7.05 Å². The highest BCUT2D eigenvalue weighted by Crippen LogP contribution is 2.35. The van der Waals surface area contributed by atoms with E-state index in [1.54, 1.807) is 44.3 Å². The number of amides is 1. The number of hydrogen-bond donors (Lipinski definition) is 0. The Bertz CT molecular complexity index is 1310. The average molecular weight is 448 g/mol. The molecule has 0 unspecified atom stereocenters. The van der Waals surface area contributed by atoms with Gasteiger partial charge in [0.1, 0.15) is 11.5 Å². The van der Waals surface area contributed by atoms with Crippen LogP contribution in [0.5, 0.6) is 0 Å². The van der Waals surface area contributed by atoms with Crippen molar-refractivity contribution in [1.29, 1.82) is 0 Å². The van der Waals surface area contributed by atoms with Gasteiger partial charge in [-0.1, -0.05) is 18.2 Å². The SMILES string of the molecule is Cc1ccc(N=C2S/C(=C/c3ccc(-c4cccc([N+](=O)[O-])c4C)o3)C(=O)N2C)cc1C. The number of nitro groups is 1. The van der Waals surface area contributed by atoms with Crippen LogP contribution >= 0.6 is 11.8 Å². The predicted molar refractivity (Wildman–Crippen MR) is 127 cm³/mol. The van der Waals surface area contributed by atoms with Gasteiger partial charge < -0.3 is 4.42 Å². The predicted octanol–water partition coefficient (Wildman–Crippen LogP) is 6.01. The number of likely N-dealkylation sites (N-methyl/N-ethyl adjacent to an activating group) is 1. The van der Waals surface area contributed by atoms with Gasteiger partial charge in [-0.05, 0) is 67.9 Å². The van der Waals surface area contributed by atoms with Crippen LogP contribution in [0, 0.1) is 30.9 Å². The van der Waals surface area contributed by atoms with E-state index >= 15 is 0 Å². The maximum absolute atomic E-state index is 12.7. The summed E-state index contributed by atoms with van der Waals surface area (Å²) < 4.78 is 5.89. The fraction of sp³-hybridized carbons (Fsp3) is 0.167. The lowest BCUT2D eigenvalue weighted by Gasteiger charge is -2.08. The van der Waals surface area contributed by atoms with E-state index in [2.05, 4.69) is 4.99 Å². The van der Waals surface area contributed by atoms with Gasteiger partial charge in [-0.2, -0.15) is 0 Å². The molecular weight excluding hydrogens is 426 g/mol. The molecule has 3 aromatic rings. The van der Waals surface area contributed by atoms with Crippen LogP contribution in [0.3, 0.4) is 0 Å². The Labute approximate surface area is 189 Å². The molecule has 7 nitrogen and oxygen atoms in total. The minimum atomic E-state index is -0.412. The molecule has 1 aromatic heterocycles. The zero-order valence-electron chi connectivity index (χ0n) is 18.1. The topological polar surface area (TPSA) is 89.0 Å². The van der Waals surface area contributed by atoms with Crippen LogP contribution in [0.15, 0.2) is 62.8 Å². The first-order valence-electron chi connectivity index (χ1n) is 9.92. The van der Waals surface area contributed by atoms with Crippen molar-refractivity contribution in [3.8, 4) is 11.3 Å². The smallest absolute Gasteiger partial charge is 0.273 e. The van der Waals surface area contributed by atoms with Gasteiger partial charge in [0, 0.05) is 30.3 Å². The number of aryl methyl sites for hydroxylation is 2. The van der Waals surface area contributed by atoms with Gasteiger partial charge in [0.15, 0.2) is 5.17 Å². The third-order valence-electron chi connectivity index (χ3n) is 5.39. The highest BCUT2D eigenvalue weighted by molar-refractivity contribution is 8.18. The second kappa shape index (κ2) is 8.47. The van der Waals surface area contributed by atoms with E-state index in [1.807, 2.05) is 32.0 Å².